The molecular weight excluding hydrogens is 210 g/mol. The number of tetrazole rings is 1. The molecule has 0 spiro atoms. The molecule has 0 radical (unpaired) electrons. The zero-order valence-electron chi connectivity index (χ0n) is 8.21. The molecule has 82 valence electrons. The van der Waals surface area contributed by atoms with Gasteiger partial charge in [-0.05, 0) is 24.3 Å². The van der Waals surface area contributed by atoms with Gasteiger partial charge in [0.25, 0.3) is 5.91 Å². The number of hydrogen-bond donors (Lipinski definition) is 3. The van der Waals surface area contributed by atoms with Crippen molar-refractivity contribution in [2.24, 2.45) is 0 Å². The maximum Gasteiger partial charge on any atom is 0.251 e. The highest BCUT2D eigenvalue weighted by Crippen LogP contribution is 2.09. The van der Waals surface area contributed by atoms with Crippen molar-refractivity contribution in [3.05, 3.63) is 35.7 Å². The van der Waals surface area contributed by atoms with Crippen molar-refractivity contribution in [1.29, 1.82) is 0 Å². The van der Waals surface area contributed by atoms with Gasteiger partial charge in [-0.15, -0.1) is 10.2 Å². The molecule has 0 aliphatic carbocycles. The monoisotopic (exact) mass is 219 g/mol. The van der Waals surface area contributed by atoms with Crippen LogP contribution in [0.5, 0.6) is 5.75 Å². The molecular formula is C9H9N5O2. The van der Waals surface area contributed by atoms with Gasteiger partial charge < -0.3 is 10.4 Å². The molecule has 0 unspecified atom stereocenters. The average Bonchev–Trinajstić information content (AvgIpc) is 2.80. The van der Waals surface area contributed by atoms with E-state index in [1.54, 1.807) is 0 Å². The van der Waals surface area contributed by atoms with E-state index in [1.165, 1.54) is 24.3 Å². The first kappa shape index (κ1) is 10.1. The van der Waals surface area contributed by atoms with E-state index in [-0.39, 0.29) is 18.2 Å². The van der Waals surface area contributed by atoms with E-state index in [0.717, 1.165) is 0 Å². The van der Waals surface area contributed by atoms with Crippen molar-refractivity contribution in [2.75, 3.05) is 0 Å². The maximum atomic E-state index is 11.6. The van der Waals surface area contributed by atoms with Crippen LogP contribution in [0.15, 0.2) is 24.3 Å². The number of phenolic OH excluding ortho intramolecular Hbond substituents is 1. The number of rotatable bonds is 3. The van der Waals surface area contributed by atoms with Gasteiger partial charge in [-0.2, -0.15) is 5.21 Å². The Morgan fingerprint density at radius 3 is 2.75 bits per heavy atom. The van der Waals surface area contributed by atoms with Crippen molar-refractivity contribution in [3.63, 3.8) is 0 Å². The summed E-state index contributed by atoms with van der Waals surface area (Å²) in [5.74, 6) is 0.270. The molecule has 3 N–H and O–H groups in total. The molecule has 0 fully saturated rings. The number of aromatic nitrogens is 4. The predicted octanol–water partition coefficient (Wildman–Crippen LogP) is -0.165. The average molecular weight is 219 g/mol. The van der Waals surface area contributed by atoms with Crippen molar-refractivity contribution < 1.29 is 9.90 Å². The van der Waals surface area contributed by atoms with Crippen LogP contribution in [0.25, 0.3) is 0 Å². The lowest BCUT2D eigenvalue weighted by atomic mass is 10.2. The van der Waals surface area contributed by atoms with Crippen LogP contribution < -0.4 is 5.32 Å². The second-order valence-corrected chi connectivity index (χ2v) is 3.06. The van der Waals surface area contributed by atoms with Crippen LogP contribution in [0.2, 0.25) is 0 Å². The molecule has 0 saturated carbocycles. The predicted molar refractivity (Wildman–Crippen MR) is 53.5 cm³/mol. The third-order valence-electron chi connectivity index (χ3n) is 1.93. The molecule has 0 aliphatic rings. The van der Waals surface area contributed by atoms with Gasteiger partial charge in [0.15, 0.2) is 5.82 Å². The molecule has 2 rings (SSSR count). The lowest BCUT2D eigenvalue weighted by Crippen LogP contribution is -2.23. The number of hydrogen-bond acceptors (Lipinski definition) is 5. The van der Waals surface area contributed by atoms with Crippen LogP contribution in [0.1, 0.15) is 16.2 Å². The molecule has 1 heterocycles. The summed E-state index contributed by atoms with van der Waals surface area (Å²) in [5, 5.41) is 24.7. The smallest absolute Gasteiger partial charge is 0.251 e. The Morgan fingerprint density at radius 1 is 1.38 bits per heavy atom. The van der Waals surface area contributed by atoms with Gasteiger partial charge in [-0.25, -0.2) is 0 Å². The standard InChI is InChI=1S/C9H9N5O2/c15-7-3-1-6(2-4-7)9(16)10-5-8-11-13-14-12-8/h1-4,15H,5H2,(H,10,16)(H,11,12,13,14). The van der Waals surface area contributed by atoms with Crippen molar-refractivity contribution >= 4 is 5.91 Å². The summed E-state index contributed by atoms with van der Waals surface area (Å²) in [5.41, 5.74) is 0.460. The molecule has 16 heavy (non-hydrogen) atoms. The normalized spacial score (nSPS) is 10.0. The number of amides is 1. The number of carbonyl (C=O) groups is 1. The second kappa shape index (κ2) is 4.39. The number of aromatic hydroxyl groups is 1. The van der Waals surface area contributed by atoms with E-state index < -0.39 is 0 Å². The van der Waals surface area contributed by atoms with E-state index in [0.29, 0.717) is 11.4 Å². The minimum absolute atomic E-state index is 0.120. The molecule has 0 atom stereocenters. The molecule has 2 aromatic rings. The number of benzene rings is 1. The Kier molecular flexibility index (Phi) is 2.77. The number of aromatic amines is 1. The maximum absolute atomic E-state index is 11.6. The number of phenols is 1. The van der Waals surface area contributed by atoms with E-state index >= 15 is 0 Å². The second-order valence-electron chi connectivity index (χ2n) is 3.06. The summed E-state index contributed by atoms with van der Waals surface area (Å²) in [6.45, 7) is 0.205. The van der Waals surface area contributed by atoms with Crippen LogP contribution in [-0.2, 0) is 6.54 Å². The highest BCUT2D eigenvalue weighted by molar-refractivity contribution is 5.94. The van der Waals surface area contributed by atoms with Gasteiger partial charge in [0.1, 0.15) is 5.75 Å². The van der Waals surface area contributed by atoms with Crippen LogP contribution in [0.3, 0.4) is 0 Å². The first-order valence-corrected chi connectivity index (χ1v) is 4.55. The van der Waals surface area contributed by atoms with Crippen LogP contribution in [-0.4, -0.2) is 31.6 Å². The quantitative estimate of drug-likeness (QED) is 0.665. The van der Waals surface area contributed by atoms with Crippen LogP contribution in [0, 0.1) is 0 Å². The summed E-state index contributed by atoms with van der Waals surface area (Å²) in [4.78, 5) is 11.6. The minimum atomic E-state index is -0.259. The largest absolute Gasteiger partial charge is 0.508 e. The van der Waals surface area contributed by atoms with Gasteiger partial charge in [-0.3, -0.25) is 4.79 Å². The van der Waals surface area contributed by atoms with Crippen molar-refractivity contribution in [1.82, 2.24) is 25.9 Å². The zero-order chi connectivity index (χ0) is 11.4. The number of nitrogens with one attached hydrogen (secondary N) is 2. The summed E-state index contributed by atoms with van der Waals surface area (Å²) in [7, 11) is 0. The fraction of sp³-hybridized carbons (Fsp3) is 0.111. The summed E-state index contributed by atoms with van der Waals surface area (Å²) in [6, 6.07) is 5.95. The van der Waals surface area contributed by atoms with Crippen LogP contribution >= 0.6 is 0 Å². The van der Waals surface area contributed by atoms with Gasteiger partial charge in [0, 0.05) is 5.56 Å². The van der Waals surface area contributed by atoms with Gasteiger partial charge in [0.2, 0.25) is 0 Å². The SMILES string of the molecule is O=C(NCc1nn[nH]n1)c1ccc(O)cc1. The number of carbonyl (C=O) groups excluding carboxylic acids is 1. The van der Waals surface area contributed by atoms with Crippen molar-refractivity contribution in [2.45, 2.75) is 6.54 Å². The topological polar surface area (TPSA) is 104 Å². The van der Waals surface area contributed by atoms with Gasteiger partial charge in [0.05, 0.1) is 6.54 Å². The molecule has 0 bridgehead atoms. The Balaban J connectivity index is 1.95. The summed E-state index contributed by atoms with van der Waals surface area (Å²) >= 11 is 0. The highest BCUT2D eigenvalue weighted by Gasteiger charge is 2.06. The zero-order valence-corrected chi connectivity index (χ0v) is 8.21. The first-order valence-electron chi connectivity index (χ1n) is 4.55. The van der Waals surface area contributed by atoms with Crippen LogP contribution in [0.4, 0.5) is 0 Å². The molecule has 1 aromatic heterocycles. The number of nitrogens with zero attached hydrogens (tertiary/aromatic N) is 3. The first-order chi connectivity index (χ1) is 7.75. The Labute approximate surface area is 90.5 Å². The van der Waals surface area contributed by atoms with E-state index in [9.17, 15) is 4.79 Å². The third-order valence-corrected chi connectivity index (χ3v) is 1.93. The highest BCUT2D eigenvalue weighted by atomic mass is 16.3. The number of H-pyrrole nitrogens is 1. The fourth-order valence-corrected chi connectivity index (χ4v) is 1.13. The molecule has 1 aromatic carbocycles. The fourth-order valence-electron chi connectivity index (χ4n) is 1.13. The van der Waals surface area contributed by atoms with Gasteiger partial charge >= 0.3 is 0 Å². The lowest BCUT2D eigenvalue weighted by molar-refractivity contribution is 0.0950. The summed E-state index contributed by atoms with van der Waals surface area (Å²) in [6.07, 6.45) is 0. The Bertz CT molecular complexity index is 465. The molecule has 0 aliphatic heterocycles. The van der Waals surface area contributed by atoms with E-state index in [1.807, 2.05) is 0 Å². The van der Waals surface area contributed by atoms with E-state index in [2.05, 4.69) is 25.9 Å². The molecule has 7 heteroatoms. The Morgan fingerprint density at radius 2 is 2.12 bits per heavy atom. The van der Waals surface area contributed by atoms with Crippen molar-refractivity contribution in [3.8, 4) is 5.75 Å². The molecule has 0 saturated heterocycles. The van der Waals surface area contributed by atoms with Gasteiger partial charge in [-0.1, -0.05) is 5.21 Å². The molecule has 1 amide bonds. The third kappa shape index (κ3) is 2.32. The summed E-state index contributed by atoms with van der Waals surface area (Å²) < 4.78 is 0. The lowest BCUT2D eigenvalue weighted by Gasteiger charge is -2.02. The Hall–Kier alpha value is -2.44. The van der Waals surface area contributed by atoms with E-state index in [4.69, 9.17) is 5.11 Å². The minimum Gasteiger partial charge on any atom is -0.508 e. The molecule has 7 nitrogen and oxygen atoms in total.